The highest BCUT2D eigenvalue weighted by atomic mass is 16.2. The number of likely N-dealkylation sites (tertiary alicyclic amines) is 1. The fourth-order valence-electron chi connectivity index (χ4n) is 2.53. The number of nitrogens with one attached hydrogen (secondary N) is 2. The van der Waals surface area contributed by atoms with Crippen molar-refractivity contribution in [1.29, 1.82) is 0 Å². The largest absolute Gasteiger partial charge is 0.354 e. The van der Waals surface area contributed by atoms with Gasteiger partial charge in [0, 0.05) is 44.7 Å². The third-order valence-corrected chi connectivity index (χ3v) is 4.25. The lowest BCUT2D eigenvalue weighted by molar-refractivity contribution is -0.126. The number of hydrogen-bond donors (Lipinski definition) is 2. The number of carbonyl (C=O) groups excluding carboxylic acids is 2. The fraction of sp³-hybridized carbons (Fsp3) is 0.867. The predicted octanol–water partition coefficient (Wildman–Crippen LogP) is 0.884. The molecule has 6 nitrogen and oxygen atoms in total. The molecule has 0 aromatic carbocycles. The summed E-state index contributed by atoms with van der Waals surface area (Å²) in [7, 11) is 1.88. The first-order chi connectivity index (χ1) is 10.0. The first-order valence-electron chi connectivity index (χ1n) is 8.02. The van der Waals surface area contributed by atoms with E-state index in [4.69, 9.17) is 0 Å². The van der Waals surface area contributed by atoms with E-state index < -0.39 is 0 Å². The highest BCUT2D eigenvalue weighted by Gasteiger charge is 2.28. The summed E-state index contributed by atoms with van der Waals surface area (Å²) in [4.78, 5) is 28.0. The fourth-order valence-corrected chi connectivity index (χ4v) is 2.53. The first kappa shape index (κ1) is 17.8. The summed E-state index contributed by atoms with van der Waals surface area (Å²) in [5.41, 5.74) is 0. The molecule has 0 aromatic heterocycles. The summed E-state index contributed by atoms with van der Waals surface area (Å²) < 4.78 is 0. The Balaban J connectivity index is 2.37. The Morgan fingerprint density at radius 3 is 2.29 bits per heavy atom. The zero-order chi connectivity index (χ0) is 15.8. The van der Waals surface area contributed by atoms with Gasteiger partial charge in [-0.3, -0.25) is 4.79 Å². The number of piperidine rings is 1. The molecule has 2 N–H and O–H groups in total. The molecule has 6 heteroatoms. The second-order valence-corrected chi connectivity index (χ2v) is 5.65. The van der Waals surface area contributed by atoms with Gasteiger partial charge in [-0.2, -0.15) is 0 Å². The minimum atomic E-state index is 0.0369. The molecule has 122 valence electrons. The second-order valence-electron chi connectivity index (χ2n) is 5.65. The van der Waals surface area contributed by atoms with Crippen molar-refractivity contribution >= 4 is 11.9 Å². The number of nitrogens with zero attached hydrogens (tertiary/aromatic N) is 2. The average Bonchev–Trinajstić information content (AvgIpc) is 2.53. The van der Waals surface area contributed by atoms with Crippen molar-refractivity contribution < 1.29 is 9.59 Å². The highest BCUT2D eigenvalue weighted by molar-refractivity contribution is 5.79. The summed E-state index contributed by atoms with van der Waals surface area (Å²) in [6.07, 6.45) is 1.51. The minimum absolute atomic E-state index is 0.0369. The van der Waals surface area contributed by atoms with Crippen molar-refractivity contribution in [2.45, 2.75) is 39.7 Å². The SMILES string of the molecule is CCN(CC)C(=O)N1CCC(C(=O)NCC(C)NC)CC1. The molecule has 1 aliphatic heterocycles. The molecule has 0 spiro atoms. The molecule has 0 saturated carbocycles. The molecule has 1 unspecified atom stereocenters. The van der Waals surface area contributed by atoms with E-state index in [0.717, 1.165) is 25.9 Å². The van der Waals surface area contributed by atoms with Crippen LogP contribution in [0.5, 0.6) is 0 Å². The molecule has 0 bridgehead atoms. The topological polar surface area (TPSA) is 64.7 Å². The quantitative estimate of drug-likeness (QED) is 0.765. The van der Waals surface area contributed by atoms with Crippen LogP contribution in [0.15, 0.2) is 0 Å². The van der Waals surface area contributed by atoms with Crippen LogP contribution in [0.3, 0.4) is 0 Å². The van der Waals surface area contributed by atoms with Crippen LogP contribution in [0.4, 0.5) is 4.79 Å². The molecule has 0 aliphatic carbocycles. The van der Waals surface area contributed by atoms with E-state index in [1.54, 1.807) is 0 Å². The molecule has 0 radical (unpaired) electrons. The predicted molar refractivity (Wildman–Crippen MR) is 84.1 cm³/mol. The number of likely N-dealkylation sites (N-methyl/N-ethyl adjacent to an activating group) is 1. The maximum Gasteiger partial charge on any atom is 0.319 e. The van der Waals surface area contributed by atoms with Crippen LogP contribution in [0.2, 0.25) is 0 Å². The van der Waals surface area contributed by atoms with Crippen molar-refractivity contribution in [2.24, 2.45) is 5.92 Å². The van der Waals surface area contributed by atoms with Crippen molar-refractivity contribution in [3.05, 3.63) is 0 Å². The van der Waals surface area contributed by atoms with Crippen molar-refractivity contribution in [2.75, 3.05) is 39.8 Å². The molecule has 0 aromatic rings. The summed E-state index contributed by atoms with van der Waals surface area (Å²) in [5.74, 6) is 0.154. The maximum absolute atomic E-state index is 12.2. The smallest absolute Gasteiger partial charge is 0.319 e. The number of urea groups is 1. The van der Waals surface area contributed by atoms with E-state index >= 15 is 0 Å². The van der Waals surface area contributed by atoms with Crippen LogP contribution in [-0.4, -0.2) is 67.6 Å². The number of carbonyl (C=O) groups is 2. The van der Waals surface area contributed by atoms with Crippen molar-refractivity contribution in [3.8, 4) is 0 Å². The Hall–Kier alpha value is -1.30. The van der Waals surface area contributed by atoms with Gasteiger partial charge in [0.15, 0.2) is 0 Å². The zero-order valence-corrected chi connectivity index (χ0v) is 13.8. The van der Waals surface area contributed by atoms with Gasteiger partial charge in [0.2, 0.25) is 5.91 Å². The summed E-state index contributed by atoms with van der Waals surface area (Å²) >= 11 is 0. The van der Waals surface area contributed by atoms with Gasteiger partial charge in [-0.05, 0) is 40.7 Å². The van der Waals surface area contributed by atoms with Gasteiger partial charge in [0.25, 0.3) is 0 Å². The Morgan fingerprint density at radius 2 is 1.81 bits per heavy atom. The number of rotatable bonds is 6. The van der Waals surface area contributed by atoms with Gasteiger partial charge in [-0.1, -0.05) is 0 Å². The lowest BCUT2D eigenvalue weighted by Gasteiger charge is -2.34. The Bertz CT molecular complexity index is 337. The highest BCUT2D eigenvalue weighted by Crippen LogP contribution is 2.18. The third kappa shape index (κ3) is 5.19. The molecule has 21 heavy (non-hydrogen) atoms. The molecule has 1 aliphatic rings. The molecule has 3 amide bonds. The molecule has 1 fully saturated rings. The number of hydrogen-bond acceptors (Lipinski definition) is 3. The van der Waals surface area contributed by atoms with E-state index in [1.807, 2.05) is 37.6 Å². The van der Waals surface area contributed by atoms with E-state index in [9.17, 15) is 9.59 Å². The Labute approximate surface area is 128 Å². The third-order valence-electron chi connectivity index (χ3n) is 4.25. The monoisotopic (exact) mass is 298 g/mol. The van der Waals surface area contributed by atoms with E-state index in [-0.39, 0.29) is 23.9 Å². The first-order valence-corrected chi connectivity index (χ1v) is 8.02. The van der Waals surface area contributed by atoms with Crippen LogP contribution in [-0.2, 0) is 4.79 Å². The summed E-state index contributed by atoms with van der Waals surface area (Å²) in [6, 6.07) is 0.376. The average molecular weight is 298 g/mol. The summed E-state index contributed by atoms with van der Waals surface area (Å²) in [5, 5.41) is 6.07. The lowest BCUT2D eigenvalue weighted by Crippen LogP contribution is -2.49. The van der Waals surface area contributed by atoms with Crippen LogP contribution >= 0.6 is 0 Å². The van der Waals surface area contributed by atoms with Gasteiger partial charge in [0.1, 0.15) is 0 Å². The van der Waals surface area contributed by atoms with Gasteiger partial charge >= 0.3 is 6.03 Å². The standard InChI is InChI=1S/C15H30N4O2/c1-5-18(6-2)15(21)19-9-7-13(8-10-19)14(20)17-11-12(3)16-4/h12-13,16H,5-11H2,1-4H3,(H,17,20). The Morgan fingerprint density at radius 1 is 1.24 bits per heavy atom. The second kappa shape index (κ2) is 8.87. The zero-order valence-electron chi connectivity index (χ0n) is 13.8. The van der Waals surface area contributed by atoms with Crippen molar-refractivity contribution in [3.63, 3.8) is 0 Å². The molecular formula is C15H30N4O2. The van der Waals surface area contributed by atoms with Gasteiger partial charge in [-0.25, -0.2) is 4.79 Å². The van der Waals surface area contributed by atoms with Crippen LogP contribution in [0.1, 0.15) is 33.6 Å². The van der Waals surface area contributed by atoms with Crippen molar-refractivity contribution in [1.82, 2.24) is 20.4 Å². The van der Waals surface area contributed by atoms with E-state index in [0.29, 0.717) is 19.6 Å². The molecule has 1 heterocycles. The number of amides is 3. The molecule has 1 saturated heterocycles. The van der Waals surface area contributed by atoms with Crippen LogP contribution in [0, 0.1) is 5.92 Å². The maximum atomic E-state index is 12.2. The van der Waals surface area contributed by atoms with Crippen LogP contribution < -0.4 is 10.6 Å². The Kier molecular flexibility index (Phi) is 7.50. The van der Waals surface area contributed by atoms with Gasteiger partial charge in [-0.15, -0.1) is 0 Å². The molecule has 1 atom stereocenters. The molecular weight excluding hydrogens is 268 g/mol. The summed E-state index contributed by atoms with van der Waals surface area (Å²) in [6.45, 7) is 9.48. The van der Waals surface area contributed by atoms with E-state index in [2.05, 4.69) is 10.6 Å². The minimum Gasteiger partial charge on any atom is -0.354 e. The molecule has 1 rings (SSSR count). The lowest BCUT2D eigenvalue weighted by atomic mass is 9.96. The normalized spacial score (nSPS) is 17.4. The van der Waals surface area contributed by atoms with Gasteiger partial charge < -0.3 is 20.4 Å². The van der Waals surface area contributed by atoms with E-state index in [1.165, 1.54) is 0 Å². The van der Waals surface area contributed by atoms with Crippen LogP contribution in [0.25, 0.3) is 0 Å². The van der Waals surface area contributed by atoms with Gasteiger partial charge in [0.05, 0.1) is 0 Å².